The maximum absolute atomic E-state index is 13.2. The van der Waals surface area contributed by atoms with Crippen LogP contribution in [0.4, 0.5) is 13.2 Å². The molecular formula is C27H40F3NO3. The van der Waals surface area contributed by atoms with Crippen molar-refractivity contribution in [3.05, 3.63) is 35.4 Å². The lowest BCUT2D eigenvalue weighted by Crippen LogP contribution is -2.45. The fourth-order valence-corrected chi connectivity index (χ4v) is 5.53. The maximum atomic E-state index is 13.2. The number of piperidine rings is 1. The van der Waals surface area contributed by atoms with Gasteiger partial charge in [0, 0.05) is 31.7 Å². The van der Waals surface area contributed by atoms with Gasteiger partial charge >= 0.3 is 12.1 Å². The smallest absolute Gasteiger partial charge is 0.416 e. The molecule has 1 aromatic carbocycles. The summed E-state index contributed by atoms with van der Waals surface area (Å²) in [6.07, 6.45) is 3.10. The number of likely N-dealkylation sites (tertiary alicyclic amines) is 1. The molecule has 2 saturated heterocycles. The third-order valence-corrected chi connectivity index (χ3v) is 7.55. The largest absolute Gasteiger partial charge is 0.469 e. The van der Waals surface area contributed by atoms with Crippen molar-refractivity contribution in [2.24, 2.45) is 17.8 Å². The Hall–Kier alpha value is -1.60. The minimum atomic E-state index is -4.35. The summed E-state index contributed by atoms with van der Waals surface area (Å²) in [4.78, 5) is 14.5. The average Bonchev–Trinajstić information content (AvgIpc) is 2.82. The van der Waals surface area contributed by atoms with Crippen LogP contribution in [0.15, 0.2) is 24.3 Å². The summed E-state index contributed by atoms with van der Waals surface area (Å²) in [5.74, 6) is 1.17. The van der Waals surface area contributed by atoms with Crippen molar-refractivity contribution < 1.29 is 27.4 Å². The Bertz CT molecular complexity index is 759. The highest BCUT2D eigenvalue weighted by Gasteiger charge is 2.37. The molecule has 0 radical (unpaired) electrons. The molecule has 4 nitrogen and oxygen atoms in total. The second-order valence-electron chi connectivity index (χ2n) is 10.5. The molecule has 2 aliphatic heterocycles. The third kappa shape index (κ3) is 7.70. The molecule has 0 bridgehead atoms. The van der Waals surface area contributed by atoms with Gasteiger partial charge in [-0.15, -0.1) is 0 Å². The first-order valence-corrected chi connectivity index (χ1v) is 12.7. The average molecular weight is 484 g/mol. The molecule has 3 atom stereocenters. The van der Waals surface area contributed by atoms with Crippen LogP contribution in [0.5, 0.6) is 0 Å². The van der Waals surface area contributed by atoms with Gasteiger partial charge in [0.25, 0.3) is 0 Å². The monoisotopic (exact) mass is 483 g/mol. The Morgan fingerprint density at radius 1 is 1.09 bits per heavy atom. The van der Waals surface area contributed by atoms with Crippen molar-refractivity contribution in [3.8, 4) is 0 Å². The van der Waals surface area contributed by atoms with E-state index in [4.69, 9.17) is 9.47 Å². The zero-order chi connectivity index (χ0) is 24.7. The molecule has 192 valence electrons. The standard InChI is InChI=1S/C27H40F3NO3/c1-19(2)4-9-24(16-20-11-14-34-15-12-20)31-13-10-21(18-26(32)33-3)17-25(31)22-5-7-23(8-6-22)27(28,29)30/h5-8,19-21,24-25H,4,9-18H2,1-3H3/t21-,24?,25+/m1/s1. The first kappa shape index (κ1) is 27.0. The number of rotatable bonds is 9. The highest BCUT2D eigenvalue weighted by molar-refractivity contribution is 5.69. The first-order chi connectivity index (χ1) is 16.2. The van der Waals surface area contributed by atoms with Crippen LogP contribution in [-0.2, 0) is 20.4 Å². The van der Waals surface area contributed by atoms with E-state index in [2.05, 4.69) is 18.7 Å². The molecule has 0 aliphatic carbocycles. The molecule has 0 saturated carbocycles. The molecule has 1 unspecified atom stereocenters. The van der Waals surface area contributed by atoms with E-state index in [0.29, 0.717) is 24.3 Å². The Labute approximate surface area is 202 Å². The van der Waals surface area contributed by atoms with Crippen molar-refractivity contribution in [1.29, 1.82) is 0 Å². The number of carbonyl (C=O) groups is 1. The van der Waals surface area contributed by atoms with Crippen LogP contribution in [-0.4, -0.2) is 43.8 Å². The first-order valence-electron chi connectivity index (χ1n) is 12.7. The minimum Gasteiger partial charge on any atom is -0.469 e. The number of carbonyl (C=O) groups excluding carboxylic acids is 1. The van der Waals surface area contributed by atoms with E-state index in [1.165, 1.54) is 19.2 Å². The van der Waals surface area contributed by atoms with Gasteiger partial charge < -0.3 is 9.47 Å². The lowest BCUT2D eigenvalue weighted by atomic mass is 9.81. The summed E-state index contributed by atoms with van der Waals surface area (Å²) in [6.45, 7) is 6.94. The number of benzene rings is 1. The second kappa shape index (κ2) is 12.4. The van der Waals surface area contributed by atoms with Crippen molar-refractivity contribution in [3.63, 3.8) is 0 Å². The second-order valence-corrected chi connectivity index (χ2v) is 10.5. The summed E-state index contributed by atoms with van der Waals surface area (Å²) in [7, 11) is 1.40. The fraction of sp³-hybridized carbons (Fsp3) is 0.741. The lowest BCUT2D eigenvalue weighted by molar-refractivity contribution is -0.142. The van der Waals surface area contributed by atoms with Gasteiger partial charge in [0.2, 0.25) is 0 Å². The molecule has 34 heavy (non-hydrogen) atoms. The molecule has 1 aromatic rings. The number of hydrogen-bond donors (Lipinski definition) is 0. The zero-order valence-electron chi connectivity index (χ0n) is 20.8. The highest BCUT2D eigenvalue weighted by Crippen LogP contribution is 2.41. The van der Waals surface area contributed by atoms with Gasteiger partial charge in [-0.2, -0.15) is 13.2 Å². The summed E-state index contributed by atoms with van der Waals surface area (Å²) < 4.78 is 50.0. The van der Waals surface area contributed by atoms with E-state index >= 15 is 0 Å². The van der Waals surface area contributed by atoms with Crippen molar-refractivity contribution in [2.45, 2.75) is 83.5 Å². The summed E-state index contributed by atoms with van der Waals surface area (Å²) in [5, 5.41) is 0. The van der Waals surface area contributed by atoms with Gasteiger partial charge in [-0.05, 0) is 86.9 Å². The molecule has 0 N–H and O–H groups in total. The van der Waals surface area contributed by atoms with Gasteiger partial charge in [0.05, 0.1) is 12.7 Å². The zero-order valence-corrected chi connectivity index (χ0v) is 20.8. The van der Waals surface area contributed by atoms with Crippen LogP contribution < -0.4 is 0 Å². The predicted octanol–water partition coefficient (Wildman–Crippen LogP) is 6.64. The molecule has 2 fully saturated rings. The molecular weight excluding hydrogens is 443 g/mol. The van der Waals surface area contributed by atoms with Crippen LogP contribution in [0.1, 0.15) is 82.4 Å². The molecule has 2 heterocycles. The molecule has 3 rings (SSSR count). The lowest BCUT2D eigenvalue weighted by Gasteiger charge is -2.45. The number of esters is 1. The number of ether oxygens (including phenoxy) is 2. The van der Waals surface area contributed by atoms with Crippen LogP contribution in [0.3, 0.4) is 0 Å². The van der Waals surface area contributed by atoms with E-state index in [-0.39, 0.29) is 17.9 Å². The number of nitrogens with zero attached hydrogens (tertiary/aromatic N) is 1. The van der Waals surface area contributed by atoms with Crippen LogP contribution in [0.2, 0.25) is 0 Å². The van der Waals surface area contributed by atoms with Crippen molar-refractivity contribution in [1.82, 2.24) is 4.90 Å². The van der Waals surface area contributed by atoms with E-state index < -0.39 is 11.7 Å². The molecule has 7 heteroatoms. The van der Waals surface area contributed by atoms with E-state index in [0.717, 1.165) is 70.3 Å². The van der Waals surface area contributed by atoms with Gasteiger partial charge in [-0.1, -0.05) is 26.0 Å². The topological polar surface area (TPSA) is 38.8 Å². The van der Waals surface area contributed by atoms with Gasteiger partial charge in [0.15, 0.2) is 0 Å². The molecule has 2 aliphatic rings. The molecule has 0 spiro atoms. The number of halogens is 3. The number of hydrogen-bond acceptors (Lipinski definition) is 4. The van der Waals surface area contributed by atoms with E-state index in [1.807, 2.05) is 0 Å². The maximum Gasteiger partial charge on any atom is 0.416 e. The van der Waals surface area contributed by atoms with Gasteiger partial charge in [-0.3, -0.25) is 9.69 Å². The third-order valence-electron chi connectivity index (χ3n) is 7.55. The highest BCUT2D eigenvalue weighted by atomic mass is 19.4. The normalized spacial score (nSPS) is 23.7. The summed E-state index contributed by atoms with van der Waals surface area (Å²) >= 11 is 0. The van der Waals surface area contributed by atoms with E-state index in [1.54, 1.807) is 12.1 Å². The van der Waals surface area contributed by atoms with Crippen molar-refractivity contribution in [2.75, 3.05) is 26.9 Å². The Balaban J connectivity index is 1.85. The number of alkyl halides is 3. The SMILES string of the molecule is COC(=O)C[C@@H]1CCN(C(CCC(C)C)CC2CCOCC2)[C@H](c2ccc(C(F)(F)F)cc2)C1. The Morgan fingerprint density at radius 2 is 1.76 bits per heavy atom. The van der Waals surface area contributed by atoms with Gasteiger partial charge in [-0.25, -0.2) is 0 Å². The summed E-state index contributed by atoms with van der Waals surface area (Å²) in [6, 6.07) is 6.03. The molecule has 0 aromatic heterocycles. The van der Waals surface area contributed by atoms with Crippen LogP contribution >= 0.6 is 0 Å². The fourth-order valence-electron chi connectivity index (χ4n) is 5.53. The van der Waals surface area contributed by atoms with E-state index in [9.17, 15) is 18.0 Å². The van der Waals surface area contributed by atoms with Crippen LogP contribution in [0.25, 0.3) is 0 Å². The van der Waals surface area contributed by atoms with Crippen molar-refractivity contribution >= 4 is 5.97 Å². The minimum absolute atomic E-state index is 0.00249. The number of methoxy groups -OCH3 is 1. The summed E-state index contributed by atoms with van der Waals surface area (Å²) in [5.41, 5.74) is 0.285. The Kier molecular flexibility index (Phi) is 9.84. The quantitative estimate of drug-likeness (QED) is 0.369. The predicted molar refractivity (Wildman–Crippen MR) is 126 cm³/mol. The van der Waals surface area contributed by atoms with Gasteiger partial charge in [0.1, 0.15) is 0 Å². The van der Waals surface area contributed by atoms with Crippen LogP contribution in [0, 0.1) is 17.8 Å². The Morgan fingerprint density at radius 3 is 2.35 bits per heavy atom. The molecule has 0 amide bonds.